The molecular weight excluding hydrogens is 412 g/mol. The summed E-state index contributed by atoms with van der Waals surface area (Å²) in [6, 6.07) is 14.5. The number of carboxylic acids is 1. The maximum Gasteiger partial charge on any atom is 0.336 e. The lowest BCUT2D eigenvalue weighted by atomic mass is 9.99. The number of hydrogen-bond donors (Lipinski definition) is 1. The Bertz CT molecular complexity index is 1050. The minimum Gasteiger partial charge on any atom is -0.478 e. The van der Waals surface area contributed by atoms with Crippen molar-refractivity contribution < 1.29 is 18.7 Å². The van der Waals surface area contributed by atoms with E-state index in [1.54, 1.807) is 29.0 Å². The van der Waals surface area contributed by atoms with Gasteiger partial charge in [-0.25, -0.2) is 18.9 Å². The van der Waals surface area contributed by atoms with Gasteiger partial charge in [-0.05, 0) is 42.0 Å². The highest BCUT2D eigenvalue weighted by Crippen LogP contribution is 2.24. The summed E-state index contributed by atoms with van der Waals surface area (Å²) in [5, 5.41) is 13.9. The number of hydrogen-bond acceptors (Lipinski definition) is 3. The lowest BCUT2D eigenvalue weighted by Crippen LogP contribution is -2.09. The van der Waals surface area contributed by atoms with Crippen LogP contribution in [0.5, 0.6) is 0 Å². The molecule has 32 heavy (non-hydrogen) atoms. The third-order valence-corrected chi connectivity index (χ3v) is 5.17. The van der Waals surface area contributed by atoms with Gasteiger partial charge < -0.3 is 5.11 Å². The second-order valence-corrected chi connectivity index (χ2v) is 7.61. The molecule has 0 bridgehead atoms. The average molecular weight is 440 g/mol. The standard InChI is InChI=1S/C25H27F2N3O2/c1-2-3-10-24-28-23(16-20(27)7-6-15-26)29-30(24)17-18-11-13-19(14-12-18)21-8-4-5-9-22(21)25(31)32/h2,4-5,8-9,11-14,20H,1,3,6-7,10,15-17H2,(H,31,32). The Kier molecular flexibility index (Phi) is 8.25. The number of aryl methyl sites for hydroxylation is 1. The third-order valence-electron chi connectivity index (χ3n) is 5.17. The molecular formula is C25H27F2N3O2. The van der Waals surface area contributed by atoms with Gasteiger partial charge in [0.25, 0.3) is 0 Å². The van der Waals surface area contributed by atoms with E-state index >= 15 is 0 Å². The predicted octanol–water partition coefficient (Wildman–Crippen LogP) is 5.44. The van der Waals surface area contributed by atoms with Gasteiger partial charge in [0.05, 0.1) is 18.8 Å². The highest BCUT2D eigenvalue weighted by molar-refractivity contribution is 5.95. The number of rotatable bonds is 12. The fraction of sp³-hybridized carbons (Fsp3) is 0.320. The van der Waals surface area contributed by atoms with Crippen molar-refractivity contribution in [1.82, 2.24) is 14.8 Å². The van der Waals surface area contributed by atoms with Gasteiger partial charge in [0.15, 0.2) is 5.82 Å². The summed E-state index contributed by atoms with van der Waals surface area (Å²) in [5.74, 6) is 0.199. The van der Waals surface area contributed by atoms with E-state index in [4.69, 9.17) is 0 Å². The van der Waals surface area contributed by atoms with E-state index in [0.717, 1.165) is 23.4 Å². The van der Waals surface area contributed by atoms with Crippen LogP contribution in [-0.4, -0.2) is 38.7 Å². The summed E-state index contributed by atoms with van der Waals surface area (Å²) in [6.45, 7) is 3.67. The summed E-state index contributed by atoms with van der Waals surface area (Å²) < 4.78 is 28.1. The Labute approximate surface area is 186 Å². The summed E-state index contributed by atoms with van der Waals surface area (Å²) in [5.41, 5.74) is 2.68. The van der Waals surface area contributed by atoms with Gasteiger partial charge in [0.2, 0.25) is 0 Å². The van der Waals surface area contributed by atoms with Gasteiger partial charge >= 0.3 is 5.97 Å². The molecule has 1 aromatic heterocycles. The van der Waals surface area contributed by atoms with Crippen molar-refractivity contribution in [2.75, 3.05) is 6.67 Å². The number of allylic oxidation sites excluding steroid dienone is 1. The van der Waals surface area contributed by atoms with Crippen LogP contribution in [0.2, 0.25) is 0 Å². The molecule has 0 aliphatic heterocycles. The van der Waals surface area contributed by atoms with Gasteiger partial charge in [0.1, 0.15) is 12.0 Å². The number of aromatic carboxylic acids is 1. The second kappa shape index (κ2) is 11.3. The molecule has 0 radical (unpaired) electrons. The summed E-state index contributed by atoms with van der Waals surface area (Å²) in [6.07, 6.45) is 2.43. The summed E-state index contributed by atoms with van der Waals surface area (Å²) >= 11 is 0. The SMILES string of the molecule is C=CCCc1nc(CC(F)CCCF)nn1Cc1ccc(-c2ccccc2C(=O)O)cc1. The van der Waals surface area contributed by atoms with E-state index in [1.807, 2.05) is 30.3 Å². The van der Waals surface area contributed by atoms with Crippen molar-refractivity contribution in [3.8, 4) is 11.1 Å². The zero-order valence-corrected chi connectivity index (χ0v) is 17.9. The fourth-order valence-electron chi connectivity index (χ4n) is 3.54. The quantitative estimate of drug-likeness (QED) is 0.382. The van der Waals surface area contributed by atoms with Crippen molar-refractivity contribution in [1.29, 1.82) is 0 Å². The van der Waals surface area contributed by atoms with Gasteiger partial charge in [-0.1, -0.05) is 48.5 Å². The number of alkyl halides is 2. The smallest absolute Gasteiger partial charge is 0.336 e. The van der Waals surface area contributed by atoms with E-state index in [1.165, 1.54) is 0 Å². The van der Waals surface area contributed by atoms with Crippen LogP contribution in [0.15, 0.2) is 61.2 Å². The molecule has 3 aromatic rings. The van der Waals surface area contributed by atoms with Crippen LogP contribution in [0.4, 0.5) is 8.78 Å². The van der Waals surface area contributed by atoms with E-state index in [2.05, 4.69) is 16.7 Å². The number of aromatic nitrogens is 3. The first-order valence-corrected chi connectivity index (χ1v) is 10.7. The van der Waals surface area contributed by atoms with E-state index in [-0.39, 0.29) is 24.8 Å². The maximum absolute atomic E-state index is 14.1. The zero-order valence-electron chi connectivity index (χ0n) is 17.9. The Morgan fingerprint density at radius 1 is 1.19 bits per heavy atom. The van der Waals surface area contributed by atoms with Crippen molar-refractivity contribution in [2.45, 2.75) is 44.8 Å². The van der Waals surface area contributed by atoms with Crippen molar-refractivity contribution in [2.24, 2.45) is 0 Å². The predicted molar refractivity (Wildman–Crippen MR) is 120 cm³/mol. The molecule has 168 valence electrons. The first kappa shape index (κ1) is 23.3. The van der Waals surface area contributed by atoms with Crippen molar-refractivity contribution in [3.63, 3.8) is 0 Å². The van der Waals surface area contributed by atoms with Gasteiger partial charge in [0, 0.05) is 12.8 Å². The number of benzene rings is 2. The van der Waals surface area contributed by atoms with Crippen molar-refractivity contribution in [3.05, 3.63) is 84.0 Å². The molecule has 1 heterocycles. The molecule has 5 nitrogen and oxygen atoms in total. The monoisotopic (exact) mass is 439 g/mol. The zero-order chi connectivity index (χ0) is 22.9. The lowest BCUT2D eigenvalue weighted by molar-refractivity contribution is 0.0697. The summed E-state index contributed by atoms with van der Waals surface area (Å²) in [4.78, 5) is 16.0. The first-order valence-electron chi connectivity index (χ1n) is 10.7. The second-order valence-electron chi connectivity index (χ2n) is 7.61. The summed E-state index contributed by atoms with van der Waals surface area (Å²) in [7, 11) is 0. The molecule has 0 aliphatic carbocycles. The Balaban J connectivity index is 1.78. The minimum atomic E-state index is -1.16. The molecule has 0 amide bonds. The number of carbonyl (C=O) groups is 1. The minimum absolute atomic E-state index is 0.0685. The van der Waals surface area contributed by atoms with Crippen LogP contribution in [0, 0.1) is 0 Å². The van der Waals surface area contributed by atoms with Crippen LogP contribution in [-0.2, 0) is 19.4 Å². The molecule has 7 heteroatoms. The van der Waals surface area contributed by atoms with Crippen LogP contribution in [0.1, 0.15) is 46.8 Å². The molecule has 0 spiro atoms. The molecule has 0 fully saturated rings. The molecule has 1 atom stereocenters. The number of halogens is 2. The highest BCUT2D eigenvalue weighted by atomic mass is 19.1. The lowest BCUT2D eigenvalue weighted by Gasteiger charge is -2.09. The van der Waals surface area contributed by atoms with Crippen LogP contribution in [0.25, 0.3) is 11.1 Å². The molecule has 2 aromatic carbocycles. The fourth-order valence-corrected chi connectivity index (χ4v) is 3.54. The highest BCUT2D eigenvalue weighted by Gasteiger charge is 2.16. The van der Waals surface area contributed by atoms with Crippen LogP contribution in [0.3, 0.4) is 0 Å². The Hall–Kier alpha value is -3.35. The first-order chi connectivity index (χ1) is 15.5. The van der Waals surface area contributed by atoms with Gasteiger partial charge in [-0.15, -0.1) is 6.58 Å². The molecule has 1 N–H and O–H groups in total. The Morgan fingerprint density at radius 2 is 1.94 bits per heavy atom. The molecule has 3 rings (SSSR count). The maximum atomic E-state index is 14.1. The molecule has 0 saturated carbocycles. The largest absolute Gasteiger partial charge is 0.478 e. The van der Waals surface area contributed by atoms with Crippen LogP contribution >= 0.6 is 0 Å². The van der Waals surface area contributed by atoms with Gasteiger partial charge in [-0.2, -0.15) is 5.10 Å². The van der Waals surface area contributed by atoms with E-state index in [9.17, 15) is 18.7 Å². The molecule has 0 aliphatic rings. The topological polar surface area (TPSA) is 68.0 Å². The van der Waals surface area contributed by atoms with Crippen molar-refractivity contribution >= 4 is 5.97 Å². The van der Waals surface area contributed by atoms with E-state index in [0.29, 0.717) is 24.4 Å². The normalized spacial score (nSPS) is 11.9. The number of nitrogens with zero attached hydrogens (tertiary/aromatic N) is 3. The molecule has 1 unspecified atom stereocenters. The van der Waals surface area contributed by atoms with Crippen LogP contribution < -0.4 is 0 Å². The van der Waals surface area contributed by atoms with E-state index < -0.39 is 18.8 Å². The Morgan fingerprint density at radius 3 is 2.62 bits per heavy atom. The number of carboxylic acid groups (broad SMARTS) is 1. The van der Waals surface area contributed by atoms with Gasteiger partial charge in [-0.3, -0.25) is 4.39 Å². The molecule has 0 saturated heterocycles. The average Bonchev–Trinajstić information content (AvgIpc) is 3.17. The third kappa shape index (κ3) is 6.09.